The standard InChI is InChI=1S/C16H17N3O7/c1-24-5-6-26-14-7-11(3-4-17-14)9-18-10-12(16(21)25-2)8-13(15(18)20)19(22)23/h3-4,7-8,10H,5-6,9H2,1-2H3. The minimum absolute atomic E-state index is 0.00628. The van der Waals surface area contributed by atoms with Gasteiger partial charge in [-0.1, -0.05) is 0 Å². The summed E-state index contributed by atoms with van der Waals surface area (Å²) in [6, 6.07) is 4.13. The van der Waals surface area contributed by atoms with Gasteiger partial charge in [-0.3, -0.25) is 14.9 Å². The van der Waals surface area contributed by atoms with Crippen LogP contribution in [0.3, 0.4) is 0 Å². The molecule has 2 aromatic heterocycles. The zero-order valence-corrected chi connectivity index (χ0v) is 14.2. The third-order valence-corrected chi connectivity index (χ3v) is 3.37. The second-order valence-corrected chi connectivity index (χ2v) is 5.14. The number of esters is 1. The maximum absolute atomic E-state index is 12.3. The highest BCUT2D eigenvalue weighted by atomic mass is 16.6. The second kappa shape index (κ2) is 8.72. The number of nitrogens with zero attached hydrogens (tertiary/aromatic N) is 3. The molecule has 0 aliphatic carbocycles. The van der Waals surface area contributed by atoms with Crippen LogP contribution in [0.2, 0.25) is 0 Å². The van der Waals surface area contributed by atoms with Crippen molar-refractivity contribution < 1.29 is 23.9 Å². The van der Waals surface area contributed by atoms with Crippen molar-refractivity contribution in [2.45, 2.75) is 6.54 Å². The van der Waals surface area contributed by atoms with Gasteiger partial charge in [0.1, 0.15) is 6.61 Å². The van der Waals surface area contributed by atoms with Crippen molar-refractivity contribution in [3.63, 3.8) is 0 Å². The van der Waals surface area contributed by atoms with E-state index in [1.165, 1.54) is 12.4 Å². The van der Waals surface area contributed by atoms with Crippen LogP contribution in [0.15, 0.2) is 35.4 Å². The van der Waals surface area contributed by atoms with Gasteiger partial charge < -0.3 is 18.8 Å². The number of ether oxygens (including phenoxy) is 3. The molecule has 138 valence electrons. The minimum Gasteiger partial charge on any atom is -0.475 e. The van der Waals surface area contributed by atoms with Crippen LogP contribution in [0.1, 0.15) is 15.9 Å². The molecule has 0 N–H and O–H groups in total. The van der Waals surface area contributed by atoms with Gasteiger partial charge in [-0.15, -0.1) is 0 Å². The third kappa shape index (κ3) is 4.63. The van der Waals surface area contributed by atoms with E-state index >= 15 is 0 Å². The van der Waals surface area contributed by atoms with Gasteiger partial charge >= 0.3 is 17.2 Å². The van der Waals surface area contributed by atoms with Crippen molar-refractivity contribution in [3.05, 3.63) is 62.2 Å². The van der Waals surface area contributed by atoms with Crippen LogP contribution in [0.25, 0.3) is 0 Å². The molecular formula is C16H17N3O7. The molecule has 0 aliphatic rings. The van der Waals surface area contributed by atoms with Crippen LogP contribution < -0.4 is 10.3 Å². The average Bonchev–Trinajstić information content (AvgIpc) is 2.63. The molecule has 0 atom stereocenters. The van der Waals surface area contributed by atoms with Crippen molar-refractivity contribution in [3.8, 4) is 5.88 Å². The molecule has 2 aromatic rings. The monoisotopic (exact) mass is 363 g/mol. The Balaban J connectivity index is 2.35. The van der Waals surface area contributed by atoms with Gasteiger partial charge in [0.2, 0.25) is 5.88 Å². The van der Waals surface area contributed by atoms with Gasteiger partial charge in [0, 0.05) is 31.6 Å². The largest absolute Gasteiger partial charge is 0.475 e. The van der Waals surface area contributed by atoms with Gasteiger partial charge in [0.25, 0.3) is 0 Å². The van der Waals surface area contributed by atoms with E-state index in [4.69, 9.17) is 9.47 Å². The predicted octanol–water partition coefficient (Wildman–Crippen LogP) is 1.01. The molecule has 0 aliphatic heterocycles. The van der Waals surface area contributed by atoms with Gasteiger partial charge in [0.15, 0.2) is 0 Å². The molecule has 0 unspecified atom stereocenters. The van der Waals surface area contributed by atoms with E-state index < -0.39 is 22.1 Å². The molecule has 2 heterocycles. The summed E-state index contributed by atoms with van der Waals surface area (Å²) in [7, 11) is 2.69. The SMILES string of the molecule is COCCOc1cc(Cn2cc(C(=O)OC)cc([N+](=O)[O-])c2=O)ccn1. The van der Waals surface area contributed by atoms with Crippen molar-refractivity contribution >= 4 is 11.7 Å². The van der Waals surface area contributed by atoms with E-state index in [0.717, 1.165) is 17.7 Å². The average molecular weight is 363 g/mol. The Kier molecular flexibility index (Phi) is 6.39. The summed E-state index contributed by atoms with van der Waals surface area (Å²) >= 11 is 0. The van der Waals surface area contributed by atoms with Crippen LogP contribution in [-0.4, -0.2) is 47.9 Å². The van der Waals surface area contributed by atoms with E-state index in [1.54, 1.807) is 19.2 Å². The minimum atomic E-state index is -0.836. The lowest BCUT2D eigenvalue weighted by atomic mass is 10.2. The number of pyridine rings is 2. The Morgan fingerprint density at radius 3 is 2.73 bits per heavy atom. The number of methoxy groups -OCH3 is 2. The first-order valence-electron chi connectivity index (χ1n) is 7.50. The summed E-state index contributed by atoms with van der Waals surface area (Å²) in [4.78, 5) is 38.3. The summed E-state index contributed by atoms with van der Waals surface area (Å²) in [6.45, 7) is 0.683. The first-order chi connectivity index (χ1) is 12.5. The van der Waals surface area contributed by atoms with E-state index in [1.807, 2.05) is 0 Å². The number of hydrogen-bond acceptors (Lipinski definition) is 8. The summed E-state index contributed by atoms with van der Waals surface area (Å²) in [5, 5.41) is 11.1. The molecule has 0 spiro atoms. The van der Waals surface area contributed by atoms with Crippen LogP contribution in [-0.2, 0) is 16.0 Å². The van der Waals surface area contributed by atoms with Crippen molar-refractivity contribution in [2.24, 2.45) is 0 Å². The molecule has 10 heteroatoms. The maximum Gasteiger partial charge on any atom is 0.339 e. The fourth-order valence-electron chi connectivity index (χ4n) is 2.15. The quantitative estimate of drug-likeness (QED) is 0.295. The molecule has 2 rings (SSSR count). The summed E-state index contributed by atoms with van der Waals surface area (Å²) in [5.41, 5.74) is -1.02. The Hall–Kier alpha value is -3.27. The normalized spacial score (nSPS) is 10.4. The second-order valence-electron chi connectivity index (χ2n) is 5.14. The number of aromatic nitrogens is 2. The molecule has 0 amide bonds. The lowest BCUT2D eigenvalue weighted by molar-refractivity contribution is -0.386. The van der Waals surface area contributed by atoms with Gasteiger partial charge in [-0.2, -0.15) is 0 Å². The molecule has 0 aromatic carbocycles. The smallest absolute Gasteiger partial charge is 0.339 e. The molecule has 10 nitrogen and oxygen atoms in total. The van der Waals surface area contributed by atoms with E-state index in [9.17, 15) is 19.7 Å². The van der Waals surface area contributed by atoms with Crippen LogP contribution in [0, 0.1) is 10.1 Å². The molecular weight excluding hydrogens is 346 g/mol. The van der Waals surface area contributed by atoms with Crippen molar-refractivity contribution in [2.75, 3.05) is 27.4 Å². The highest BCUT2D eigenvalue weighted by Gasteiger charge is 2.20. The molecule has 0 saturated carbocycles. The fraction of sp³-hybridized carbons (Fsp3) is 0.312. The lowest BCUT2D eigenvalue weighted by Crippen LogP contribution is -2.24. The first-order valence-corrected chi connectivity index (χ1v) is 7.50. The third-order valence-electron chi connectivity index (χ3n) is 3.37. The summed E-state index contributed by atoms with van der Waals surface area (Å²) < 4.78 is 15.9. The first kappa shape index (κ1) is 19.1. The zero-order valence-electron chi connectivity index (χ0n) is 14.2. The molecule has 0 saturated heterocycles. The molecule has 0 radical (unpaired) electrons. The van der Waals surface area contributed by atoms with Crippen molar-refractivity contribution in [1.29, 1.82) is 0 Å². The zero-order chi connectivity index (χ0) is 19.1. The van der Waals surface area contributed by atoms with Crippen LogP contribution in [0.5, 0.6) is 5.88 Å². The Labute approximate surface area is 148 Å². The van der Waals surface area contributed by atoms with E-state index in [-0.39, 0.29) is 12.1 Å². The molecule has 0 bridgehead atoms. The Morgan fingerprint density at radius 2 is 2.08 bits per heavy atom. The highest BCUT2D eigenvalue weighted by molar-refractivity contribution is 5.89. The highest BCUT2D eigenvalue weighted by Crippen LogP contribution is 2.13. The number of nitro groups is 1. The van der Waals surface area contributed by atoms with E-state index in [2.05, 4.69) is 9.72 Å². The summed E-state index contributed by atoms with van der Waals surface area (Å²) in [5.74, 6) is -0.452. The Bertz CT molecular complexity index is 863. The topological polar surface area (TPSA) is 123 Å². The predicted molar refractivity (Wildman–Crippen MR) is 89.4 cm³/mol. The van der Waals surface area contributed by atoms with Gasteiger partial charge in [0.05, 0.1) is 30.7 Å². The number of rotatable bonds is 8. The maximum atomic E-state index is 12.3. The Morgan fingerprint density at radius 1 is 1.31 bits per heavy atom. The van der Waals surface area contributed by atoms with Crippen LogP contribution >= 0.6 is 0 Å². The van der Waals surface area contributed by atoms with Crippen molar-refractivity contribution in [1.82, 2.24) is 9.55 Å². The molecule has 26 heavy (non-hydrogen) atoms. The lowest BCUT2D eigenvalue weighted by Gasteiger charge is -2.09. The summed E-state index contributed by atoms with van der Waals surface area (Å²) in [6.07, 6.45) is 2.70. The van der Waals surface area contributed by atoms with Gasteiger partial charge in [-0.25, -0.2) is 9.78 Å². The van der Waals surface area contributed by atoms with E-state index in [0.29, 0.717) is 24.7 Å². The number of carbonyl (C=O) groups excluding carboxylic acids is 1. The number of hydrogen-bond donors (Lipinski definition) is 0. The fourth-order valence-corrected chi connectivity index (χ4v) is 2.15. The van der Waals surface area contributed by atoms with Crippen LogP contribution in [0.4, 0.5) is 5.69 Å². The van der Waals surface area contributed by atoms with Gasteiger partial charge in [-0.05, 0) is 11.6 Å². The molecule has 0 fully saturated rings. The number of carbonyl (C=O) groups is 1.